The van der Waals surface area contributed by atoms with Crippen LogP contribution in [-0.2, 0) is 0 Å². The van der Waals surface area contributed by atoms with E-state index in [4.69, 9.17) is 9.47 Å². The van der Waals surface area contributed by atoms with Crippen molar-refractivity contribution in [2.75, 3.05) is 39.3 Å². The van der Waals surface area contributed by atoms with Crippen LogP contribution in [0.5, 0.6) is 11.5 Å². The van der Waals surface area contributed by atoms with Gasteiger partial charge >= 0.3 is 0 Å². The highest BCUT2D eigenvalue weighted by atomic mass is 32.1. The Balaban J connectivity index is 1.07. The molecule has 0 radical (unpaired) electrons. The fourth-order valence-electron chi connectivity index (χ4n) is 7.54. The van der Waals surface area contributed by atoms with E-state index in [0.717, 1.165) is 50.6 Å². The van der Waals surface area contributed by atoms with Crippen molar-refractivity contribution >= 4 is 27.2 Å². The minimum absolute atomic E-state index is 0.0556. The van der Waals surface area contributed by atoms with Crippen LogP contribution in [0.2, 0.25) is 0 Å². The lowest BCUT2D eigenvalue weighted by Crippen LogP contribution is -2.48. The molecule has 4 aromatic rings. The molecule has 3 fully saturated rings. The molecule has 5 nitrogen and oxygen atoms in total. The molecule has 0 N–H and O–H groups in total. The van der Waals surface area contributed by atoms with Gasteiger partial charge < -0.3 is 9.47 Å². The molecule has 1 aliphatic carbocycles. The number of benzene rings is 3. The zero-order valence-electron chi connectivity index (χ0n) is 26.4. The van der Waals surface area contributed by atoms with Gasteiger partial charge in [-0.15, -0.1) is 11.3 Å². The first-order chi connectivity index (χ1) is 22.2. The molecule has 0 bridgehead atoms. The van der Waals surface area contributed by atoms with Crippen molar-refractivity contribution in [2.45, 2.75) is 76.4 Å². The van der Waals surface area contributed by atoms with Gasteiger partial charge in [-0.1, -0.05) is 37.5 Å². The van der Waals surface area contributed by atoms with Gasteiger partial charge in [0.1, 0.15) is 24.2 Å². The molecule has 3 aliphatic rings. The van der Waals surface area contributed by atoms with Crippen LogP contribution in [-0.4, -0.2) is 67.1 Å². The maximum absolute atomic E-state index is 14.2. The molecular weight excluding hydrogens is 577 g/mol. The molecule has 3 aromatic carbocycles. The number of thiophene rings is 1. The third kappa shape index (κ3) is 7.14. The van der Waals surface area contributed by atoms with Gasteiger partial charge in [0.25, 0.3) is 0 Å². The molecule has 0 spiro atoms. The van der Waals surface area contributed by atoms with Crippen LogP contribution in [0.15, 0.2) is 72.8 Å². The zero-order valence-corrected chi connectivity index (χ0v) is 27.2. The van der Waals surface area contributed by atoms with Crippen LogP contribution in [0.1, 0.15) is 80.1 Å². The predicted octanol–water partition coefficient (Wildman–Crippen LogP) is 8.84. The third-order valence-electron chi connectivity index (χ3n) is 10.00. The minimum Gasteiger partial charge on any atom is -0.492 e. The molecule has 236 valence electrons. The average molecular weight is 623 g/mol. The fourth-order valence-corrected chi connectivity index (χ4v) is 8.74. The topological polar surface area (TPSA) is 42.0 Å². The van der Waals surface area contributed by atoms with Crippen molar-refractivity contribution in [2.24, 2.45) is 0 Å². The van der Waals surface area contributed by atoms with Crippen molar-refractivity contribution in [1.29, 1.82) is 0 Å². The van der Waals surface area contributed by atoms with Gasteiger partial charge in [-0.25, -0.2) is 0 Å². The Morgan fingerprint density at radius 3 is 2.20 bits per heavy atom. The predicted molar refractivity (Wildman–Crippen MR) is 185 cm³/mol. The van der Waals surface area contributed by atoms with Crippen LogP contribution >= 0.6 is 11.3 Å². The Hall–Kier alpha value is -3.19. The monoisotopic (exact) mass is 622 g/mol. The van der Waals surface area contributed by atoms with E-state index in [9.17, 15) is 4.79 Å². The van der Waals surface area contributed by atoms with E-state index in [2.05, 4.69) is 34.1 Å². The quantitative estimate of drug-likeness (QED) is 0.165. The van der Waals surface area contributed by atoms with Gasteiger partial charge in [-0.3, -0.25) is 14.6 Å². The van der Waals surface area contributed by atoms with Crippen LogP contribution in [0.3, 0.4) is 0 Å². The molecular formula is C39H46N2O3S. The van der Waals surface area contributed by atoms with E-state index in [1.807, 2.05) is 48.5 Å². The number of hydrogen-bond acceptors (Lipinski definition) is 6. The summed E-state index contributed by atoms with van der Waals surface area (Å²) < 4.78 is 13.8. The van der Waals surface area contributed by atoms with Crippen molar-refractivity contribution in [1.82, 2.24) is 9.80 Å². The maximum Gasteiger partial charge on any atom is 0.195 e. The number of hydrogen-bond donors (Lipinski definition) is 0. The molecule has 0 amide bonds. The van der Waals surface area contributed by atoms with Gasteiger partial charge in [-0.2, -0.15) is 0 Å². The zero-order chi connectivity index (χ0) is 30.4. The Morgan fingerprint density at radius 2 is 1.42 bits per heavy atom. The highest BCUT2D eigenvalue weighted by molar-refractivity contribution is 7.22. The van der Waals surface area contributed by atoms with Gasteiger partial charge in [0, 0.05) is 38.7 Å². The number of fused-ring (bicyclic) bond motifs is 1. The second-order valence-electron chi connectivity index (χ2n) is 13.0. The van der Waals surface area contributed by atoms with E-state index in [0.29, 0.717) is 18.2 Å². The maximum atomic E-state index is 14.2. The lowest BCUT2D eigenvalue weighted by molar-refractivity contribution is 0.0375. The van der Waals surface area contributed by atoms with E-state index < -0.39 is 0 Å². The van der Waals surface area contributed by atoms with Gasteiger partial charge in [0.15, 0.2) is 5.78 Å². The van der Waals surface area contributed by atoms with E-state index in [1.165, 1.54) is 84.0 Å². The largest absolute Gasteiger partial charge is 0.492 e. The molecule has 2 aliphatic heterocycles. The Kier molecular flexibility index (Phi) is 9.81. The van der Waals surface area contributed by atoms with Gasteiger partial charge in [0.2, 0.25) is 0 Å². The first-order valence-electron chi connectivity index (χ1n) is 17.3. The summed E-state index contributed by atoms with van der Waals surface area (Å²) in [7, 11) is 0. The number of nitrogens with zero attached hydrogens (tertiary/aromatic N) is 2. The molecule has 7 rings (SSSR count). The standard InChI is InChI=1S/C39H46N2O3S/c42-38(29-15-21-32(22-16-29)44-35-13-5-4-12-34(35)41-25-7-1-2-8-26-41)37-33-11-3-6-14-36(33)45-39(37)30-17-19-31(20-18-30)43-28-27-40-23-9-10-24-40/h3,6,11,14-22,34-35H,1-2,4-5,7-10,12-13,23-28H2/t34-,35-/m1/s1. The van der Waals surface area contributed by atoms with Crippen LogP contribution in [0, 0.1) is 0 Å². The molecule has 1 aromatic heterocycles. The summed E-state index contributed by atoms with van der Waals surface area (Å²) in [6.07, 6.45) is 13.0. The van der Waals surface area contributed by atoms with E-state index >= 15 is 0 Å². The lowest BCUT2D eigenvalue weighted by Gasteiger charge is -2.39. The summed E-state index contributed by atoms with van der Waals surface area (Å²) in [5.74, 6) is 1.80. The summed E-state index contributed by atoms with van der Waals surface area (Å²) in [4.78, 5) is 20.3. The van der Waals surface area contributed by atoms with E-state index in [-0.39, 0.29) is 11.9 Å². The molecule has 1 saturated carbocycles. The first kappa shape index (κ1) is 30.5. The Bertz CT molecular complexity index is 1550. The summed E-state index contributed by atoms with van der Waals surface area (Å²) in [6, 6.07) is 24.9. The van der Waals surface area contributed by atoms with Crippen molar-refractivity contribution < 1.29 is 14.3 Å². The van der Waals surface area contributed by atoms with Crippen LogP contribution < -0.4 is 9.47 Å². The smallest absolute Gasteiger partial charge is 0.195 e. The molecule has 6 heteroatoms. The van der Waals surface area contributed by atoms with E-state index in [1.54, 1.807) is 11.3 Å². The number of ether oxygens (including phenoxy) is 2. The Morgan fingerprint density at radius 1 is 0.733 bits per heavy atom. The highest BCUT2D eigenvalue weighted by Crippen LogP contribution is 2.40. The van der Waals surface area contributed by atoms with Crippen LogP contribution in [0.25, 0.3) is 20.5 Å². The second kappa shape index (κ2) is 14.5. The lowest BCUT2D eigenvalue weighted by atomic mass is 9.91. The number of likely N-dealkylation sites (tertiary alicyclic amines) is 2. The summed E-state index contributed by atoms with van der Waals surface area (Å²) in [6.45, 7) is 6.43. The second-order valence-corrected chi connectivity index (χ2v) is 14.1. The summed E-state index contributed by atoms with van der Waals surface area (Å²) >= 11 is 1.68. The normalized spacial score (nSPS) is 21.5. The number of ketones is 1. The highest BCUT2D eigenvalue weighted by Gasteiger charge is 2.32. The third-order valence-corrected chi connectivity index (χ3v) is 11.2. The number of rotatable bonds is 10. The minimum atomic E-state index is 0.0556. The molecule has 2 saturated heterocycles. The van der Waals surface area contributed by atoms with Crippen LogP contribution in [0.4, 0.5) is 0 Å². The molecule has 0 unspecified atom stereocenters. The van der Waals surface area contributed by atoms with Gasteiger partial charge in [0.05, 0.1) is 0 Å². The van der Waals surface area contributed by atoms with Crippen molar-refractivity contribution in [3.63, 3.8) is 0 Å². The Labute approximate surface area is 272 Å². The number of carbonyl (C=O) groups excluding carboxylic acids is 1. The molecule has 2 atom stereocenters. The fraction of sp³-hybridized carbons (Fsp3) is 0.462. The average Bonchev–Trinajstić information content (AvgIpc) is 3.66. The van der Waals surface area contributed by atoms with Gasteiger partial charge in [-0.05, 0) is 131 Å². The molecule has 3 heterocycles. The van der Waals surface area contributed by atoms with Crippen molar-refractivity contribution in [3.05, 3.63) is 83.9 Å². The molecule has 45 heavy (non-hydrogen) atoms. The summed E-state index contributed by atoms with van der Waals surface area (Å²) in [5, 5.41) is 1.01. The SMILES string of the molecule is O=C(c1ccc(O[C@@H]2CCCC[C@H]2N2CCCCCC2)cc1)c1c(-c2ccc(OCCN3CCCC3)cc2)sc2ccccc12. The number of carbonyl (C=O) groups is 1. The first-order valence-corrected chi connectivity index (χ1v) is 18.1. The van der Waals surface area contributed by atoms with Crippen molar-refractivity contribution in [3.8, 4) is 21.9 Å². The summed E-state index contributed by atoms with van der Waals surface area (Å²) in [5.41, 5.74) is 2.52.